The van der Waals surface area contributed by atoms with Gasteiger partial charge in [0.05, 0.1) is 24.0 Å². The minimum Gasteiger partial charge on any atom is -0.394 e. The molecule has 1 unspecified atom stereocenters. The largest absolute Gasteiger partial charge is 0.394 e. The molecule has 1 saturated heterocycles. The van der Waals surface area contributed by atoms with E-state index in [1.54, 1.807) is 0 Å². The summed E-state index contributed by atoms with van der Waals surface area (Å²) in [4.78, 5) is 2.28. The number of morpholine rings is 1. The van der Waals surface area contributed by atoms with Gasteiger partial charge in [0.15, 0.2) is 0 Å². The van der Waals surface area contributed by atoms with Crippen molar-refractivity contribution in [2.75, 3.05) is 31.6 Å². The Hall–Kier alpha value is -0.620. The maximum atomic E-state index is 9.40. The topological polar surface area (TPSA) is 44.7 Å². The van der Waals surface area contributed by atoms with Gasteiger partial charge in [0.25, 0.3) is 0 Å². The Morgan fingerprint density at radius 2 is 2.25 bits per heavy atom. The number of ether oxygens (including phenoxy) is 1. The molecule has 1 aromatic carbocycles. The van der Waals surface area contributed by atoms with E-state index < -0.39 is 0 Å². The lowest BCUT2D eigenvalue weighted by molar-refractivity contribution is -0.101. The zero-order valence-corrected chi connectivity index (χ0v) is 13.9. The van der Waals surface area contributed by atoms with E-state index in [9.17, 15) is 5.11 Å². The zero-order chi connectivity index (χ0) is 14.8. The van der Waals surface area contributed by atoms with Gasteiger partial charge in [-0.1, -0.05) is 6.07 Å². The molecule has 5 heteroatoms. The lowest BCUT2D eigenvalue weighted by atomic mass is 10.0. The monoisotopic (exact) mass is 342 g/mol. The molecule has 1 atom stereocenters. The number of aliphatic hydroxyl groups excluding tert-OH is 1. The molecule has 0 radical (unpaired) electrons. The molecule has 0 bridgehead atoms. The van der Waals surface area contributed by atoms with Crippen LogP contribution in [0.3, 0.4) is 0 Å². The molecular weight excluding hydrogens is 320 g/mol. The summed E-state index contributed by atoms with van der Waals surface area (Å²) in [6.07, 6.45) is -0.136. The van der Waals surface area contributed by atoms with Crippen LogP contribution in [0, 0.1) is 0 Å². The highest BCUT2D eigenvalue weighted by Crippen LogP contribution is 2.32. The Morgan fingerprint density at radius 1 is 1.50 bits per heavy atom. The van der Waals surface area contributed by atoms with Crippen LogP contribution in [0.1, 0.15) is 19.4 Å². The normalized spacial score (nSPS) is 22.1. The fourth-order valence-electron chi connectivity index (χ4n) is 2.70. The number of halogens is 1. The van der Waals surface area contributed by atoms with E-state index in [4.69, 9.17) is 4.74 Å². The van der Waals surface area contributed by atoms with Crippen molar-refractivity contribution in [3.8, 4) is 0 Å². The maximum absolute atomic E-state index is 9.40. The van der Waals surface area contributed by atoms with Gasteiger partial charge in [-0.15, -0.1) is 0 Å². The Labute approximate surface area is 129 Å². The molecule has 1 aliphatic heterocycles. The number of anilines is 1. The van der Waals surface area contributed by atoms with Crippen molar-refractivity contribution in [3.63, 3.8) is 0 Å². The Morgan fingerprint density at radius 3 is 2.85 bits per heavy atom. The molecule has 0 aromatic heterocycles. The summed E-state index contributed by atoms with van der Waals surface area (Å²) < 4.78 is 6.94. The van der Waals surface area contributed by atoms with Gasteiger partial charge in [-0.25, -0.2) is 0 Å². The molecule has 1 fully saturated rings. The maximum Gasteiger partial charge on any atom is 0.0988 e. The number of nitrogens with one attached hydrogen (secondary N) is 1. The molecule has 1 heterocycles. The van der Waals surface area contributed by atoms with Crippen molar-refractivity contribution >= 4 is 21.6 Å². The van der Waals surface area contributed by atoms with Crippen LogP contribution in [0.5, 0.6) is 0 Å². The third-order valence-corrected chi connectivity index (χ3v) is 4.05. The number of hydrogen-bond donors (Lipinski definition) is 2. The van der Waals surface area contributed by atoms with Gasteiger partial charge in [0.2, 0.25) is 0 Å². The molecule has 0 spiro atoms. The SMILES string of the molecule is CNCc1ccc(N2CC(CO)OC(C)(C)C2)c(Br)c1. The fraction of sp³-hybridized carbons (Fsp3) is 0.600. The second kappa shape index (κ2) is 6.43. The fourth-order valence-corrected chi connectivity index (χ4v) is 3.37. The number of hydrogen-bond acceptors (Lipinski definition) is 4. The summed E-state index contributed by atoms with van der Waals surface area (Å²) in [6, 6.07) is 6.40. The Bertz CT molecular complexity index is 465. The first-order valence-electron chi connectivity index (χ1n) is 6.92. The van der Waals surface area contributed by atoms with Gasteiger partial charge in [-0.3, -0.25) is 0 Å². The summed E-state index contributed by atoms with van der Waals surface area (Å²) >= 11 is 3.66. The standard InChI is InChI=1S/C15H23BrN2O2/c1-15(2)10-18(8-12(9-19)20-15)14-5-4-11(7-17-3)6-13(14)16/h4-6,12,17,19H,7-10H2,1-3H3. The Balaban J connectivity index is 2.21. The van der Waals surface area contributed by atoms with E-state index in [1.807, 2.05) is 7.05 Å². The minimum atomic E-state index is -0.255. The summed E-state index contributed by atoms with van der Waals surface area (Å²) in [5.41, 5.74) is 2.14. The smallest absolute Gasteiger partial charge is 0.0988 e. The predicted molar refractivity (Wildman–Crippen MR) is 85.2 cm³/mol. The van der Waals surface area contributed by atoms with E-state index in [2.05, 4.69) is 58.2 Å². The van der Waals surface area contributed by atoms with Crippen LogP contribution in [-0.4, -0.2) is 43.6 Å². The van der Waals surface area contributed by atoms with Gasteiger partial charge in [-0.2, -0.15) is 0 Å². The molecule has 0 aliphatic carbocycles. The molecule has 2 N–H and O–H groups in total. The highest BCUT2D eigenvalue weighted by atomic mass is 79.9. The second-order valence-electron chi connectivity index (χ2n) is 5.88. The molecular formula is C15H23BrN2O2. The third-order valence-electron chi connectivity index (χ3n) is 3.42. The number of nitrogens with zero attached hydrogens (tertiary/aromatic N) is 1. The van der Waals surface area contributed by atoms with Crippen molar-refractivity contribution in [3.05, 3.63) is 28.2 Å². The van der Waals surface area contributed by atoms with Crippen molar-refractivity contribution < 1.29 is 9.84 Å². The average molecular weight is 343 g/mol. The van der Waals surface area contributed by atoms with Crippen molar-refractivity contribution in [2.24, 2.45) is 0 Å². The van der Waals surface area contributed by atoms with E-state index in [1.165, 1.54) is 5.56 Å². The van der Waals surface area contributed by atoms with Gasteiger partial charge in [0, 0.05) is 24.1 Å². The average Bonchev–Trinajstić information content (AvgIpc) is 2.37. The summed E-state index contributed by atoms with van der Waals surface area (Å²) in [7, 11) is 1.94. The highest BCUT2D eigenvalue weighted by Gasteiger charge is 2.33. The molecule has 4 nitrogen and oxygen atoms in total. The first kappa shape index (κ1) is 15.8. The molecule has 112 valence electrons. The zero-order valence-electron chi connectivity index (χ0n) is 12.3. The van der Waals surface area contributed by atoms with Gasteiger partial charge in [-0.05, 0) is 54.5 Å². The van der Waals surface area contributed by atoms with Crippen LogP contribution in [-0.2, 0) is 11.3 Å². The molecule has 20 heavy (non-hydrogen) atoms. The molecule has 0 amide bonds. The van der Waals surface area contributed by atoms with Crippen LogP contribution >= 0.6 is 15.9 Å². The van der Waals surface area contributed by atoms with Crippen LogP contribution < -0.4 is 10.2 Å². The first-order chi connectivity index (χ1) is 9.45. The van der Waals surface area contributed by atoms with Crippen LogP contribution in [0.15, 0.2) is 22.7 Å². The van der Waals surface area contributed by atoms with Crippen molar-refractivity contribution in [1.82, 2.24) is 5.32 Å². The predicted octanol–water partition coefficient (Wildman–Crippen LogP) is 2.14. The van der Waals surface area contributed by atoms with Gasteiger partial charge >= 0.3 is 0 Å². The Kier molecular flexibility index (Phi) is 5.07. The van der Waals surface area contributed by atoms with E-state index in [-0.39, 0.29) is 18.3 Å². The molecule has 0 saturated carbocycles. The first-order valence-corrected chi connectivity index (χ1v) is 7.71. The van der Waals surface area contributed by atoms with Crippen molar-refractivity contribution in [1.29, 1.82) is 0 Å². The molecule has 2 rings (SSSR count). The van der Waals surface area contributed by atoms with Gasteiger partial charge in [0.1, 0.15) is 0 Å². The van der Waals surface area contributed by atoms with Crippen molar-refractivity contribution in [2.45, 2.75) is 32.1 Å². The lowest BCUT2D eigenvalue weighted by Crippen LogP contribution is -2.54. The van der Waals surface area contributed by atoms with Gasteiger partial charge < -0.3 is 20.1 Å². The number of aliphatic hydroxyl groups is 1. The summed E-state index contributed by atoms with van der Waals surface area (Å²) in [6.45, 7) is 6.55. The molecule has 1 aromatic rings. The van der Waals surface area contributed by atoms with E-state index >= 15 is 0 Å². The summed E-state index contributed by atoms with van der Waals surface area (Å²) in [5.74, 6) is 0. The summed E-state index contributed by atoms with van der Waals surface area (Å²) in [5, 5.41) is 12.6. The number of benzene rings is 1. The molecule has 1 aliphatic rings. The van der Waals surface area contributed by atoms with E-state index in [0.29, 0.717) is 6.54 Å². The highest BCUT2D eigenvalue weighted by molar-refractivity contribution is 9.10. The number of rotatable bonds is 4. The minimum absolute atomic E-state index is 0.0510. The van der Waals surface area contributed by atoms with Crippen LogP contribution in [0.4, 0.5) is 5.69 Å². The third kappa shape index (κ3) is 3.73. The van der Waals surface area contributed by atoms with E-state index in [0.717, 1.165) is 23.2 Å². The quantitative estimate of drug-likeness (QED) is 0.879. The second-order valence-corrected chi connectivity index (χ2v) is 6.73. The lowest BCUT2D eigenvalue weighted by Gasteiger charge is -2.43. The van der Waals surface area contributed by atoms with Crippen LogP contribution in [0.2, 0.25) is 0 Å². The van der Waals surface area contributed by atoms with Crippen LogP contribution in [0.25, 0.3) is 0 Å².